The molecule has 1 aromatic carbocycles. The predicted octanol–water partition coefficient (Wildman–Crippen LogP) is 3.82. The van der Waals surface area contributed by atoms with E-state index in [9.17, 15) is 14.7 Å². The van der Waals surface area contributed by atoms with Gasteiger partial charge in [-0.1, -0.05) is 34.5 Å². The van der Waals surface area contributed by atoms with Crippen molar-refractivity contribution < 1.29 is 14.7 Å². The van der Waals surface area contributed by atoms with E-state index < -0.39 is 18.0 Å². The van der Waals surface area contributed by atoms with Gasteiger partial charge in [0.25, 0.3) is 0 Å². The van der Waals surface area contributed by atoms with E-state index in [1.165, 1.54) is 4.90 Å². The lowest BCUT2D eigenvalue weighted by molar-refractivity contribution is -0.143. The van der Waals surface area contributed by atoms with Crippen molar-refractivity contribution in [2.24, 2.45) is 5.92 Å². The third-order valence-corrected chi connectivity index (χ3v) is 4.40. The van der Waals surface area contributed by atoms with E-state index in [4.69, 9.17) is 11.6 Å². The molecule has 1 heterocycles. The van der Waals surface area contributed by atoms with Crippen LogP contribution < -0.4 is 5.32 Å². The number of nitrogens with zero attached hydrogens (tertiary/aromatic N) is 1. The van der Waals surface area contributed by atoms with Crippen molar-refractivity contribution in [1.82, 2.24) is 4.90 Å². The van der Waals surface area contributed by atoms with Gasteiger partial charge in [-0.05, 0) is 37.0 Å². The molecule has 0 bridgehead atoms. The molecule has 21 heavy (non-hydrogen) atoms. The van der Waals surface area contributed by atoms with E-state index in [2.05, 4.69) is 21.2 Å². The van der Waals surface area contributed by atoms with Gasteiger partial charge in [0.05, 0.1) is 10.7 Å². The van der Waals surface area contributed by atoms with E-state index in [1.54, 1.807) is 18.2 Å². The molecule has 1 aliphatic rings. The van der Waals surface area contributed by atoms with Crippen molar-refractivity contribution in [3.8, 4) is 0 Å². The number of carbonyl (C=O) groups excluding carboxylic acids is 1. The van der Waals surface area contributed by atoms with Crippen LogP contribution in [0.15, 0.2) is 22.7 Å². The van der Waals surface area contributed by atoms with Gasteiger partial charge in [0.15, 0.2) is 0 Å². The molecule has 1 saturated heterocycles. The number of benzene rings is 1. The summed E-state index contributed by atoms with van der Waals surface area (Å²) >= 11 is 9.34. The van der Waals surface area contributed by atoms with Crippen LogP contribution in [0.2, 0.25) is 5.02 Å². The minimum atomic E-state index is -0.975. The van der Waals surface area contributed by atoms with Crippen molar-refractivity contribution in [3.05, 3.63) is 27.7 Å². The minimum Gasteiger partial charge on any atom is -0.480 e. The average molecular weight is 376 g/mol. The number of nitrogens with one attached hydrogen (secondary N) is 1. The summed E-state index contributed by atoms with van der Waals surface area (Å²) in [5.74, 6) is -0.679. The highest BCUT2D eigenvalue weighted by Crippen LogP contribution is 2.28. The van der Waals surface area contributed by atoms with E-state index in [0.29, 0.717) is 29.6 Å². The second-order valence-electron chi connectivity index (χ2n) is 5.23. The number of amides is 2. The summed E-state index contributed by atoms with van der Waals surface area (Å²) in [4.78, 5) is 25.0. The molecular weight excluding hydrogens is 360 g/mol. The molecule has 0 spiro atoms. The van der Waals surface area contributed by atoms with Crippen LogP contribution in [-0.2, 0) is 4.79 Å². The molecule has 2 N–H and O–H groups in total. The molecule has 1 aliphatic heterocycles. The normalized spacial score (nSPS) is 22.0. The van der Waals surface area contributed by atoms with Gasteiger partial charge in [-0.25, -0.2) is 9.59 Å². The number of carboxylic acid groups (broad SMARTS) is 1. The molecule has 0 aromatic heterocycles. The standard InChI is InChI=1S/C14H16BrClN2O3/c1-8-4-5-18(12(6-8)13(19)20)14(21)17-11-7-9(15)2-3-10(11)16/h2-3,7-8,12H,4-6H2,1H3,(H,17,21)(H,19,20). The number of carbonyl (C=O) groups is 2. The topological polar surface area (TPSA) is 69.6 Å². The van der Waals surface area contributed by atoms with Crippen LogP contribution in [0.5, 0.6) is 0 Å². The van der Waals surface area contributed by atoms with Crippen molar-refractivity contribution in [3.63, 3.8) is 0 Å². The highest BCUT2D eigenvalue weighted by Gasteiger charge is 2.34. The SMILES string of the molecule is CC1CCN(C(=O)Nc2cc(Br)ccc2Cl)C(C(=O)O)C1. The summed E-state index contributed by atoms with van der Waals surface area (Å²) in [5.41, 5.74) is 0.457. The van der Waals surface area contributed by atoms with Crippen LogP contribution in [0.1, 0.15) is 19.8 Å². The maximum absolute atomic E-state index is 12.3. The van der Waals surface area contributed by atoms with Crippen LogP contribution in [0, 0.1) is 5.92 Å². The second-order valence-corrected chi connectivity index (χ2v) is 6.55. The van der Waals surface area contributed by atoms with Gasteiger partial charge in [-0.3, -0.25) is 0 Å². The zero-order chi connectivity index (χ0) is 15.6. The van der Waals surface area contributed by atoms with Crippen LogP contribution in [-0.4, -0.2) is 34.6 Å². The summed E-state index contributed by atoms with van der Waals surface area (Å²) in [6.45, 7) is 2.42. The van der Waals surface area contributed by atoms with Gasteiger partial charge in [0.1, 0.15) is 6.04 Å². The highest BCUT2D eigenvalue weighted by atomic mass is 79.9. The Labute approximate surface area is 136 Å². The molecule has 2 atom stereocenters. The summed E-state index contributed by atoms with van der Waals surface area (Å²) in [5, 5.41) is 12.4. The zero-order valence-corrected chi connectivity index (χ0v) is 13.8. The number of likely N-dealkylation sites (tertiary alicyclic amines) is 1. The van der Waals surface area contributed by atoms with Gasteiger partial charge < -0.3 is 15.3 Å². The number of urea groups is 1. The molecule has 2 amide bonds. The van der Waals surface area contributed by atoms with Crippen LogP contribution in [0.4, 0.5) is 10.5 Å². The van der Waals surface area contributed by atoms with Crippen LogP contribution in [0.3, 0.4) is 0 Å². The Morgan fingerprint density at radius 3 is 2.86 bits per heavy atom. The van der Waals surface area contributed by atoms with Crippen molar-refractivity contribution in [2.75, 3.05) is 11.9 Å². The Hall–Kier alpha value is -1.27. The molecule has 0 aliphatic carbocycles. The average Bonchev–Trinajstić information content (AvgIpc) is 2.42. The number of carboxylic acids is 1. The fraction of sp³-hybridized carbons (Fsp3) is 0.429. The Balaban J connectivity index is 2.15. The highest BCUT2D eigenvalue weighted by molar-refractivity contribution is 9.10. The molecule has 0 radical (unpaired) electrons. The molecule has 2 unspecified atom stereocenters. The van der Waals surface area contributed by atoms with Crippen LogP contribution in [0.25, 0.3) is 0 Å². The lowest BCUT2D eigenvalue weighted by Crippen LogP contribution is -2.51. The maximum Gasteiger partial charge on any atom is 0.326 e. The number of halogens is 2. The van der Waals surface area contributed by atoms with Gasteiger partial charge in [0, 0.05) is 11.0 Å². The number of rotatable bonds is 2. The molecule has 2 rings (SSSR count). The zero-order valence-electron chi connectivity index (χ0n) is 11.5. The Kier molecular flexibility index (Phi) is 5.11. The largest absolute Gasteiger partial charge is 0.480 e. The molecule has 0 saturated carbocycles. The van der Waals surface area contributed by atoms with Gasteiger partial charge >= 0.3 is 12.0 Å². The number of hydrogen-bond donors (Lipinski definition) is 2. The first-order valence-corrected chi connectivity index (χ1v) is 7.81. The van der Waals surface area contributed by atoms with E-state index in [0.717, 1.165) is 10.9 Å². The molecule has 5 nitrogen and oxygen atoms in total. The monoisotopic (exact) mass is 374 g/mol. The summed E-state index contributed by atoms with van der Waals surface area (Å²) in [7, 11) is 0. The smallest absolute Gasteiger partial charge is 0.326 e. The Morgan fingerprint density at radius 2 is 2.19 bits per heavy atom. The first-order chi connectivity index (χ1) is 9.88. The maximum atomic E-state index is 12.3. The van der Waals surface area contributed by atoms with Crippen molar-refractivity contribution in [2.45, 2.75) is 25.8 Å². The molecule has 114 valence electrons. The Morgan fingerprint density at radius 1 is 1.48 bits per heavy atom. The van der Waals surface area contributed by atoms with Gasteiger partial charge in [-0.2, -0.15) is 0 Å². The third-order valence-electron chi connectivity index (χ3n) is 3.58. The summed E-state index contributed by atoms with van der Waals surface area (Å²) in [6.07, 6.45) is 1.26. The first-order valence-electron chi connectivity index (χ1n) is 6.64. The molecule has 7 heteroatoms. The molecule has 1 aromatic rings. The fourth-order valence-corrected chi connectivity index (χ4v) is 2.92. The number of hydrogen-bond acceptors (Lipinski definition) is 2. The third kappa shape index (κ3) is 3.89. The van der Waals surface area contributed by atoms with E-state index in [-0.39, 0.29) is 0 Å². The molecular formula is C14H16BrClN2O3. The Bertz CT molecular complexity index is 567. The van der Waals surface area contributed by atoms with Gasteiger partial charge in [0.2, 0.25) is 0 Å². The fourth-order valence-electron chi connectivity index (χ4n) is 2.40. The number of piperidine rings is 1. The summed E-state index contributed by atoms with van der Waals surface area (Å²) < 4.78 is 0.782. The summed E-state index contributed by atoms with van der Waals surface area (Å²) in [6, 6.07) is 3.88. The first kappa shape index (κ1) is 16.1. The second kappa shape index (κ2) is 6.66. The van der Waals surface area contributed by atoms with Crippen molar-refractivity contribution in [1.29, 1.82) is 0 Å². The predicted molar refractivity (Wildman–Crippen MR) is 84.7 cm³/mol. The molecule has 1 fully saturated rings. The quantitative estimate of drug-likeness (QED) is 0.825. The van der Waals surface area contributed by atoms with Gasteiger partial charge in [-0.15, -0.1) is 0 Å². The lowest BCUT2D eigenvalue weighted by Gasteiger charge is -2.35. The minimum absolute atomic E-state index is 0.296. The van der Waals surface area contributed by atoms with Crippen molar-refractivity contribution >= 4 is 45.2 Å². The lowest BCUT2D eigenvalue weighted by atomic mass is 9.93. The number of anilines is 1. The van der Waals surface area contributed by atoms with E-state index in [1.807, 2.05) is 6.92 Å². The van der Waals surface area contributed by atoms with Crippen LogP contribution >= 0.6 is 27.5 Å². The number of aliphatic carboxylic acids is 1. The van der Waals surface area contributed by atoms with E-state index >= 15 is 0 Å².